The van der Waals surface area contributed by atoms with Crippen molar-refractivity contribution < 1.29 is 14.1 Å². The number of rotatable bonds is 2. The number of hydrogen-bond donors (Lipinski definition) is 0. The molecule has 1 saturated carbocycles. The van der Waals surface area contributed by atoms with Crippen molar-refractivity contribution in [3.63, 3.8) is 0 Å². The molecule has 4 atom stereocenters. The first-order chi connectivity index (χ1) is 7.22. The van der Waals surface area contributed by atoms with Crippen LogP contribution in [0.15, 0.2) is 0 Å². The van der Waals surface area contributed by atoms with Crippen LogP contribution in [-0.4, -0.2) is 36.3 Å². The lowest BCUT2D eigenvalue weighted by Gasteiger charge is -2.49. The third-order valence-electron chi connectivity index (χ3n) is 4.52. The molecule has 1 saturated heterocycles. The average molecular weight is 210 g/mol. The fraction of sp³-hybridized carbons (Fsp3) is 0.833. The second-order valence-corrected chi connectivity index (χ2v) is 5.22. The molecule has 4 unspecified atom stereocenters. The summed E-state index contributed by atoms with van der Waals surface area (Å²) in [7, 11) is 1.94. The van der Waals surface area contributed by atoms with Gasteiger partial charge in [-0.25, -0.2) is 4.79 Å². The van der Waals surface area contributed by atoms with Gasteiger partial charge < -0.3 is 0 Å². The predicted molar refractivity (Wildman–Crippen MR) is 57.1 cm³/mol. The smallest absolute Gasteiger partial charge is 0.297 e. The molecule has 1 aliphatic carbocycles. The van der Waals surface area contributed by atoms with Crippen molar-refractivity contribution >= 4 is 12.7 Å². The molecule has 84 valence electrons. The molecule has 0 bridgehead atoms. The van der Waals surface area contributed by atoms with Gasteiger partial charge in [-0.05, 0) is 19.3 Å². The summed E-state index contributed by atoms with van der Waals surface area (Å²) in [6.45, 7) is 0. The Bertz CT molecular complexity index is 266. The van der Waals surface area contributed by atoms with Crippen molar-refractivity contribution in [2.45, 2.75) is 50.6 Å². The molecule has 0 spiro atoms. The zero-order valence-electron chi connectivity index (χ0n) is 9.39. The van der Waals surface area contributed by atoms with Crippen molar-refractivity contribution in [2.24, 2.45) is 5.92 Å². The molecule has 15 heavy (non-hydrogen) atoms. The minimum absolute atomic E-state index is 0.0955. The maximum atomic E-state index is 11.3. The van der Waals surface area contributed by atoms with Crippen LogP contribution < -0.4 is 0 Å². The molecule has 1 heterocycles. The maximum Gasteiger partial charge on any atom is 0.302 e. The van der Waals surface area contributed by atoms with Crippen molar-refractivity contribution in [3.05, 3.63) is 0 Å². The topological polar surface area (TPSA) is 34.1 Å². The average Bonchev–Trinajstić information content (AvgIpc) is 2.30. The highest BCUT2D eigenvalue weighted by Gasteiger charge is 2.48. The number of carbonyl (C=O) groups excluding carboxylic acids is 2. The number of amides is 1. The van der Waals surface area contributed by atoms with Gasteiger partial charge in [-0.2, -0.15) is 0 Å². The quantitative estimate of drug-likeness (QED) is 0.511. The molecule has 0 aromatic rings. The number of quaternary nitrogens is 1. The van der Waals surface area contributed by atoms with Crippen LogP contribution in [0, 0.1) is 5.92 Å². The monoisotopic (exact) mass is 210 g/mol. The Kier molecular flexibility index (Phi) is 2.91. The lowest BCUT2D eigenvalue weighted by Crippen LogP contribution is -2.64. The summed E-state index contributed by atoms with van der Waals surface area (Å²) >= 11 is 0. The van der Waals surface area contributed by atoms with E-state index in [9.17, 15) is 9.59 Å². The Balaban J connectivity index is 2.25. The van der Waals surface area contributed by atoms with Crippen LogP contribution in [-0.2, 0) is 9.59 Å². The van der Waals surface area contributed by atoms with E-state index < -0.39 is 0 Å². The van der Waals surface area contributed by atoms with E-state index in [1.54, 1.807) is 0 Å². The Labute approximate surface area is 91.0 Å². The van der Waals surface area contributed by atoms with E-state index in [2.05, 4.69) is 0 Å². The fourth-order valence-corrected chi connectivity index (χ4v) is 3.52. The summed E-state index contributed by atoms with van der Waals surface area (Å²) < 4.78 is 0.341. The van der Waals surface area contributed by atoms with Crippen LogP contribution in [0.2, 0.25) is 0 Å². The van der Waals surface area contributed by atoms with Gasteiger partial charge in [0.1, 0.15) is 0 Å². The van der Waals surface area contributed by atoms with E-state index in [1.165, 1.54) is 19.3 Å². The van der Waals surface area contributed by atoms with E-state index >= 15 is 0 Å². The SMILES string of the molecule is C[N+]1(C=O)C(C=O)CCC2CCCCC21. The molecule has 1 amide bonds. The molecule has 2 fully saturated rings. The largest absolute Gasteiger partial charge is 0.302 e. The summed E-state index contributed by atoms with van der Waals surface area (Å²) in [5.74, 6) is 0.671. The fourth-order valence-electron chi connectivity index (χ4n) is 3.52. The van der Waals surface area contributed by atoms with Gasteiger partial charge in [0, 0.05) is 18.8 Å². The van der Waals surface area contributed by atoms with Crippen LogP contribution in [0.5, 0.6) is 0 Å². The van der Waals surface area contributed by atoms with Crippen LogP contribution >= 0.6 is 0 Å². The van der Waals surface area contributed by atoms with Gasteiger partial charge in [0.2, 0.25) is 0 Å². The van der Waals surface area contributed by atoms with E-state index in [1.807, 2.05) is 7.05 Å². The lowest BCUT2D eigenvalue weighted by atomic mass is 9.75. The number of likely N-dealkylation sites (N-methyl/N-ethyl adjacent to an activating group) is 1. The maximum absolute atomic E-state index is 11.3. The Morgan fingerprint density at radius 2 is 1.80 bits per heavy atom. The molecule has 0 aromatic heterocycles. The van der Waals surface area contributed by atoms with Crippen LogP contribution in [0.3, 0.4) is 0 Å². The minimum Gasteiger partial charge on any atom is -0.297 e. The van der Waals surface area contributed by atoms with E-state index in [0.29, 0.717) is 16.4 Å². The predicted octanol–water partition coefficient (Wildman–Crippen LogP) is 1.51. The molecule has 2 rings (SSSR count). The van der Waals surface area contributed by atoms with Crippen LogP contribution in [0.25, 0.3) is 0 Å². The van der Waals surface area contributed by atoms with E-state index in [0.717, 1.165) is 32.0 Å². The van der Waals surface area contributed by atoms with Crippen molar-refractivity contribution in [2.75, 3.05) is 7.05 Å². The van der Waals surface area contributed by atoms with E-state index in [-0.39, 0.29) is 6.04 Å². The summed E-state index contributed by atoms with van der Waals surface area (Å²) in [6, 6.07) is 0.307. The first-order valence-electron chi connectivity index (χ1n) is 5.99. The lowest BCUT2D eigenvalue weighted by molar-refractivity contribution is -0.878. The third kappa shape index (κ3) is 1.63. The van der Waals surface area contributed by atoms with Crippen molar-refractivity contribution in [1.29, 1.82) is 0 Å². The normalized spacial score (nSPS) is 45.5. The Morgan fingerprint density at radius 1 is 1.07 bits per heavy atom. The number of fused-ring (bicyclic) bond motifs is 1. The number of nitrogens with zero attached hydrogens (tertiary/aromatic N) is 1. The first-order valence-corrected chi connectivity index (χ1v) is 5.99. The Morgan fingerprint density at radius 3 is 2.47 bits per heavy atom. The summed E-state index contributed by atoms with van der Waals surface area (Å²) in [5.41, 5.74) is 0. The van der Waals surface area contributed by atoms with E-state index in [4.69, 9.17) is 0 Å². The number of piperidine rings is 1. The standard InChI is InChI=1S/C12H20NO2/c1-13(9-15)11(8-14)7-6-10-4-2-3-5-12(10)13/h8-12H,2-7H2,1H3/q+1. The highest BCUT2D eigenvalue weighted by Crippen LogP contribution is 2.40. The van der Waals surface area contributed by atoms with Crippen molar-refractivity contribution in [1.82, 2.24) is 0 Å². The van der Waals surface area contributed by atoms with Crippen LogP contribution in [0.4, 0.5) is 0 Å². The van der Waals surface area contributed by atoms with Gasteiger partial charge in [-0.15, -0.1) is 0 Å². The zero-order valence-corrected chi connectivity index (χ0v) is 9.39. The van der Waals surface area contributed by atoms with Crippen molar-refractivity contribution in [3.8, 4) is 0 Å². The van der Waals surface area contributed by atoms with Crippen LogP contribution in [0.1, 0.15) is 38.5 Å². The molecule has 3 nitrogen and oxygen atoms in total. The second kappa shape index (κ2) is 4.05. The highest BCUT2D eigenvalue weighted by atomic mass is 16.2. The highest BCUT2D eigenvalue weighted by molar-refractivity contribution is 5.59. The van der Waals surface area contributed by atoms with Gasteiger partial charge in [0.25, 0.3) is 0 Å². The molecule has 1 aliphatic heterocycles. The zero-order chi connectivity index (χ0) is 10.9. The molecular formula is C12H20NO2+. The van der Waals surface area contributed by atoms with Gasteiger partial charge in [0.05, 0.1) is 13.1 Å². The molecule has 0 aromatic carbocycles. The first kappa shape index (κ1) is 10.8. The van der Waals surface area contributed by atoms with Gasteiger partial charge >= 0.3 is 6.41 Å². The summed E-state index contributed by atoms with van der Waals surface area (Å²) in [5, 5.41) is 0. The summed E-state index contributed by atoms with van der Waals surface area (Å²) in [6.07, 6.45) is 8.89. The molecular weight excluding hydrogens is 190 g/mol. The van der Waals surface area contributed by atoms with Gasteiger partial charge in [-0.1, -0.05) is 6.42 Å². The molecule has 0 radical (unpaired) electrons. The van der Waals surface area contributed by atoms with Gasteiger partial charge in [0.15, 0.2) is 12.3 Å². The number of likely N-dealkylation sites (tertiary alicyclic amines) is 1. The molecule has 0 N–H and O–H groups in total. The number of hydrogen-bond acceptors (Lipinski definition) is 2. The minimum atomic E-state index is -0.0955. The second-order valence-electron chi connectivity index (χ2n) is 5.22. The number of carbonyl (C=O) groups is 2. The summed E-state index contributed by atoms with van der Waals surface area (Å²) in [4.78, 5) is 22.4. The molecule has 3 heteroatoms. The molecule has 2 aliphatic rings. The third-order valence-corrected chi connectivity index (χ3v) is 4.52. The van der Waals surface area contributed by atoms with Gasteiger partial charge in [-0.3, -0.25) is 9.28 Å². The number of aldehydes is 1. The Hall–Kier alpha value is -0.700.